The molecule has 4 nitrogen and oxygen atoms in total. The summed E-state index contributed by atoms with van der Waals surface area (Å²) < 4.78 is 0. The fourth-order valence-electron chi connectivity index (χ4n) is 1.59. The highest BCUT2D eigenvalue weighted by Gasteiger charge is 2.26. The fraction of sp³-hybridized carbons (Fsp3) is 0.385. The molecule has 0 aromatic heterocycles. The van der Waals surface area contributed by atoms with Crippen LogP contribution in [0.25, 0.3) is 0 Å². The van der Waals surface area contributed by atoms with Crippen molar-refractivity contribution in [3.63, 3.8) is 0 Å². The molecule has 2 amide bonds. The molecule has 0 radical (unpaired) electrons. The lowest BCUT2D eigenvalue weighted by Gasteiger charge is -2.07. The zero-order chi connectivity index (χ0) is 13.8. The van der Waals surface area contributed by atoms with E-state index in [9.17, 15) is 9.59 Å². The average Bonchev–Trinajstić information content (AvgIpc) is 3.15. The SMILES string of the molecule is O=C(NCCc1ccc(Cl)cc1Cl)C(=O)NC1CC1. The van der Waals surface area contributed by atoms with Crippen LogP contribution in [-0.4, -0.2) is 24.4 Å². The maximum absolute atomic E-state index is 11.5. The van der Waals surface area contributed by atoms with Crippen LogP contribution in [0.3, 0.4) is 0 Å². The molecule has 0 saturated heterocycles. The summed E-state index contributed by atoms with van der Waals surface area (Å²) >= 11 is 11.8. The van der Waals surface area contributed by atoms with Crippen molar-refractivity contribution in [2.45, 2.75) is 25.3 Å². The van der Waals surface area contributed by atoms with Crippen LogP contribution in [0, 0.1) is 0 Å². The van der Waals surface area contributed by atoms with Gasteiger partial charge in [0, 0.05) is 22.6 Å². The van der Waals surface area contributed by atoms with Crippen molar-refractivity contribution < 1.29 is 9.59 Å². The Kier molecular flexibility index (Phi) is 4.66. The van der Waals surface area contributed by atoms with Gasteiger partial charge < -0.3 is 10.6 Å². The molecule has 1 aliphatic rings. The number of rotatable bonds is 4. The molecule has 1 saturated carbocycles. The van der Waals surface area contributed by atoms with Gasteiger partial charge in [0.1, 0.15) is 0 Å². The summed E-state index contributed by atoms with van der Waals surface area (Å²) in [7, 11) is 0. The smallest absolute Gasteiger partial charge is 0.309 e. The van der Waals surface area contributed by atoms with Gasteiger partial charge in [-0.2, -0.15) is 0 Å². The molecular formula is C13H14Cl2N2O2. The monoisotopic (exact) mass is 300 g/mol. The first kappa shape index (κ1) is 14.2. The van der Waals surface area contributed by atoms with Gasteiger partial charge in [-0.1, -0.05) is 29.3 Å². The number of nitrogens with one attached hydrogen (secondary N) is 2. The van der Waals surface area contributed by atoms with Crippen LogP contribution in [0.15, 0.2) is 18.2 Å². The van der Waals surface area contributed by atoms with E-state index in [4.69, 9.17) is 23.2 Å². The molecule has 0 heterocycles. The number of carbonyl (C=O) groups is 2. The second-order valence-corrected chi connectivity index (χ2v) is 5.33. The second-order valence-electron chi connectivity index (χ2n) is 4.49. The summed E-state index contributed by atoms with van der Waals surface area (Å²) in [5.41, 5.74) is 0.883. The second kappa shape index (κ2) is 6.26. The number of halogens is 2. The van der Waals surface area contributed by atoms with Crippen molar-refractivity contribution in [3.05, 3.63) is 33.8 Å². The number of hydrogen-bond donors (Lipinski definition) is 2. The van der Waals surface area contributed by atoms with Gasteiger partial charge in [0.15, 0.2) is 0 Å². The van der Waals surface area contributed by atoms with Crippen molar-refractivity contribution in [2.75, 3.05) is 6.54 Å². The van der Waals surface area contributed by atoms with Crippen molar-refractivity contribution in [1.82, 2.24) is 10.6 Å². The third-order valence-corrected chi connectivity index (χ3v) is 3.40. The lowest BCUT2D eigenvalue weighted by Crippen LogP contribution is -2.41. The molecule has 0 spiro atoms. The zero-order valence-electron chi connectivity index (χ0n) is 10.2. The van der Waals surface area contributed by atoms with Crippen LogP contribution < -0.4 is 10.6 Å². The Morgan fingerprint density at radius 2 is 1.95 bits per heavy atom. The first-order valence-corrected chi connectivity index (χ1v) is 6.84. The molecule has 0 bridgehead atoms. The van der Waals surface area contributed by atoms with E-state index in [1.54, 1.807) is 18.2 Å². The van der Waals surface area contributed by atoms with Crippen molar-refractivity contribution in [1.29, 1.82) is 0 Å². The molecular weight excluding hydrogens is 287 g/mol. The van der Waals surface area contributed by atoms with Crippen LogP contribution in [-0.2, 0) is 16.0 Å². The first-order chi connectivity index (χ1) is 9.06. The number of benzene rings is 1. The van der Waals surface area contributed by atoms with Gasteiger partial charge in [-0.15, -0.1) is 0 Å². The summed E-state index contributed by atoms with van der Waals surface area (Å²) in [5, 5.41) is 6.32. The Balaban J connectivity index is 1.76. The van der Waals surface area contributed by atoms with Gasteiger partial charge in [0.2, 0.25) is 0 Å². The molecule has 19 heavy (non-hydrogen) atoms. The van der Waals surface area contributed by atoms with E-state index < -0.39 is 11.8 Å². The zero-order valence-corrected chi connectivity index (χ0v) is 11.7. The molecule has 0 unspecified atom stereocenters. The van der Waals surface area contributed by atoms with Crippen molar-refractivity contribution in [3.8, 4) is 0 Å². The van der Waals surface area contributed by atoms with E-state index in [2.05, 4.69) is 10.6 Å². The summed E-state index contributed by atoms with van der Waals surface area (Å²) in [4.78, 5) is 22.8. The van der Waals surface area contributed by atoms with E-state index in [1.165, 1.54) is 0 Å². The Hall–Kier alpha value is -1.26. The van der Waals surface area contributed by atoms with Crippen molar-refractivity contribution >= 4 is 35.0 Å². The lowest BCUT2D eigenvalue weighted by atomic mass is 10.1. The third-order valence-electron chi connectivity index (χ3n) is 2.81. The Morgan fingerprint density at radius 1 is 1.21 bits per heavy atom. The summed E-state index contributed by atoms with van der Waals surface area (Å²) in [5.74, 6) is -1.17. The van der Waals surface area contributed by atoms with E-state index in [1.807, 2.05) is 0 Å². The topological polar surface area (TPSA) is 58.2 Å². The Labute approximate surface area is 121 Å². The molecule has 1 aliphatic carbocycles. The number of amides is 2. The molecule has 0 aliphatic heterocycles. The molecule has 6 heteroatoms. The highest BCUT2D eigenvalue weighted by Crippen LogP contribution is 2.21. The predicted molar refractivity (Wildman–Crippen MR) is 74.3 cm³/mol. The largest absolute Gasteiger partial charge is 0.348 e. The number of hydrogen-bond acceptors (Lipinski definition) is 2. The van der Waals surface area contributed by atoms with Gasteiger partial charge in [-0.3, -0.25) is 9.59 Å². The summed E-state index contributed by atoms with van der Waals surface area (Å²) in [6.07, 6.45) is 2.47. The minimum absolute atomic E-state index is 0.184. The normalized spacial score (nSPS) is 14.0. The van der Waals surface area contributed by atoms with Crippen LogP contribution in [0.1, 0.15) is 18.4 Å². The quantitative estimate of drug-likeness (QED) is 0.835. The summed E-state index contributed by atoms with van der Waals surface area (Å²) in [6, 6.07) is 5.38. The first-order valence-electron chi connectivity index (χ1n) is 6.09. The van der Waals surface area contributed by atoms with E-state index in [0.717, 1.165) is 18.4 Å². The van der Waals surface area contributed by atoms with Gasteiger partial charge in [0.25, 0.3) is 0 Å². The minimum atomic E-state index is -0.600. The maximum Gasteiger partial charge on any atom is 0.309 e. The number of carbonyl (C=O) groups excluding carboxylic acids is 2. The molecule has 1 fully saturated rings. The molecule has 1 aromatic rings. The predicted octanol–water partition coefficient (Wildman–Crippen LogP) is 1.93. The lowest BCUT2D eigenvalue weighted by molar-refractivity contribution is -0.139. The van der Waals surface area contributed by atoms with Crippen LogP contribution >= 0.6 is 23.2 Å². The van der Waals surface area contributed by atoms with E-state index in [-0.39, 0.29) is 6.04 Å². The minimum Gasteiger partial charge on any atom is -0.348 e. The van der Waals surface area contributed by atoms with E-state index >= 15 is 0 Å². The van der Waals surface area contributed by atoms with Crippen LogP contribution in [0.2, 0.25) is 10.0 Å². The fourth-order valence-corrected chi connectivity index (χ4v) is 2.10. The third kappa shape index (κ3) is 4.40. The highest BCUT2D eigenvalue weighted by atomic mass is 35.5. The summed E-state index contributed by atoms with van der Waals surface area (Å²) in [6.45, 7) is 0.359. The molecule has 102 valence electrons. The highest BCUT2D eigenvalue weighted by molar-refractivity contribution is 6.35. The van der Waals surface area contributed by atoms with Crippen molar-refractivity contribution in [2.24, 2.45) is 0 Å². The molecule has 2 N–H and O–H groups in total. The maximum atomic E-state index is 11.5. The Bertz CT molecular complexity index is 501. The van der Waals surface area contributed by atoms with Gasteiger partial charge >= 0.3 is 11.8 Å². The van der Waals surface area contributed by atoms with E-state index in [0.29, 0.717) is 23.0 Å². The molecule has 1 aromatic carbocycles. The standard InChI is InChI=1S/C13H14Cl2N2O2/c14-9-2-1-8(11(15)7-9)5-6-16-12(18)13(19)17-10-3-4-10/h1-2,7,10H,3-6H2,(H,16,18)(H,17,19). The van der Waals surface area contributed by atoms with Gasteiger partial charge in [-0.05, 0) is 37.0 Å². The van der Waals surface area contributed by atoms with Gasteiger partial charge in [0.05, 0.1) is 0 Å². The van der Waals surface area contributed by atoms with Gasteiger partial charge in [-0.25, -0.2) is 0 Å². The average molecular weight is 301 g/mol. The Morgan fingerprint density at radius 3 is 2.58 bits per heavy atom. The van der Waals surface area contributed by atoms with Crippen LogP contribution in [0.4, 0.5) is 0 Å². The molecule has 2 rings (SSSR count). The van der Waals surface area contributed by atoms with Crippen LogP contribution in [0.5, 0.6) is 0 Å². The molecule has 0 atom stereocenters.